The fraction of sp³-hybridized carbons (Fsp3) is 0.588. The number of aliphatic hydroxyl groups excluding tert-OH is 1. The van der Waals surface area contributed by atoms with Crippen LogP contribution in [-0.2, 0) is 4.79 Å². The predicted octanol–water partition coefficient (Wildman–Crippen LogP) is 2.78. The molecule has 4 nitrogen and oxygen atoms in total. The number of carbonyl (C=O) groups is 1. The van der Waals surface area contributed by atoms with Gasteiger partial charge in [0, 0.05) is 19.5 Å². The topological polar surface area (TPSA) is 52.6 Å². The first-order chi connectivity index (χ1) is 10.2. The van der Waals surface area contributed by atoms with Gasteiger partial charge in [0.25, 0.3) is 0 Å². The van der Waals surface area contributed by atoms with E-state index in [0.717, 1.165) is 37.3 Å². The van der Waals surface area contributed by atoms with Crippen LogP contribution in [0.2, 0.25) is 0 Å². The quantitative estimate of drug-likeness (QED) is 0.895. The highest BCUT2D eigenvalue weighted by atomic mass is 16.3. The highest BCUT2D eigenvalue weighted by Crippen LogP contribution is 2.31. The number of nitrogens with one attached hydrogen (secondary N) is 1. The van der Waals surface area contributed by atoms with Crippen molar-refractivity contribution in [3.8, 4) is 0 Å². The van der Waals surface area contributed by atoms with E-state index < -0.39 is 0 Å². The van der Waals surface area contributed by atoms with Gasteiger partial charge in [-0.1, -0.05) is 18.6 Å². The van der Waals surface area contributed by atoms with Crippen molar-refractivity contribution in [3.63, 3.8) is 0 Å². The van der Waals surface area contributed by atoms with Crippen LogP contribution >= 0.6 is 0 Å². The van der Waals surface area contributed by atoms with E-state index in [1.807, 2.05) is 18.2 Å². The number of para-hydroxylation sites is 2. The minimum absolute atomic E-state index is 0.129. The number of benzene rings is 1. The van der Waals surface area contributed by atoms with E-state index in [2.05, 4.69) is 16.3 Å². The van der Waals surface area contributed by atoms with Crippen molar-refractivity contribution in [2.24, 2.45) is 5.92 Å². The normalized spacial score (nSPS) is 20.1. The minimum atomic E-state index is -0.179. The summed E-state index contributed by atoms with van der Waals surface area (Å²) in [4.78, 5) is 14.4. The molecule has 2 fully saturated rings. The minimum Gasteiger partial charge on any atom is -0.393 e. The van der Waals surface area contributed by atoms with Gasteiger partial charge in [0.2, 0.25) is 5.91 Å². The monoisotopic (exact) mass is 288 g/mol. The van der Waals surface area contributed by atoms with Crippen molar-refractivity contribution < 1.29 is 9.90 Å². The number of hydrogen-bond donors (Lipinski definition) is 2. The van der Waals surface area contributed by atoms with Gasteiger partial charge in [-0.05, 0) is 43.7 Å². The van der Waals surface area contributed by atoms with E-state index in [1.54, 1.807) is 0 Å². The number of rotatable bonds is 4. The second-order valence-corrected chi connectivity index (χ2v) is 6.28. The summed E-state index contributed by atoms with van der Waals surface area (Å²) in [6, 6.07) is 7.99. The zero-order valence-corrected chi connectivity index (χ0v) is 12.4. The average Bonchev–Trinajstić information content (AvgIpc) is 2.45. The molecule has 0 spiro atoms. The SMILES string of the molecule is O=C(CC1CCC1)Nc1ccccc1N1CCC(O)CC1. The molecule has 1 saturated carbocycles. The van der Waals surface area contributed by atoms with Crippen LogP contribution < -0.4 is 10.2 Å². The van der Waals surface area contributed by atoms with E-state index in [0.29, 0.717) is 12.3 Å². The maximum Gasteiger partial charge on any atom is 0.224 e. The van der Waals surface area contributed by atoms with E-state index in [-0.39, 0.29) is 12.0 Å². The van der Waals surface area contributed by atoms with Crippen molar-refractivity contribution in [1.29, 1.82) is 0 Å². The fourth-order valence-corrected chi connectivity index (χ4v) is 3.12. The first-order valence-electron chi connectivity index (χ1n) is 8.04. The summed E-state index contributed by atoms with van der Waals surface area (Å²) in [5, 5.41) is 12.7. The molecule has 1 saturated heterocycles. The molecule has 1 aliphatic heterocycles. The molecule has 0 atom stereocenters. The van der Waals surface area contributed by atoms with Crippen LogP contribution in [-0.4, -0.2) is 30.2 Å². The summed E-state index contributed by atoms with van der Waals surface area (Å²) in [5.41, 5.74) is 1.98. The number of amides is 1. The molecule has 114 valence electrons. The van der Waals surface area contributed by atoms with E-state index in [4.69, 9.17) is 0 Å². The molecule has 0 bridgehead atoms. The highest BCUT2D eigenvalue weighted by Gasteiger charge is 2.22. The molecule has 2 N–H and O–H groups in total. The largest absolute Gasteiger partial charge is 0.393 e. The Morgan fingerprint density at radius 1 is 1.19 bits per heavy atom. The third-order valence-electron chi connectivity index (χ3n) is 4.68. The molecule has 0 unspecified atom stereocenters. The molecule has 2 aliphatic rings. The Labute approximate surface area is 126 Å². The summed E-state index contributed by atoms with van der Waals surface area (Å²) in [6.07, 6.45) is 5.71. The first kappa shape index (κ1) is 14.4. The van der Waals surface area contributed by atoms with Gasteiger partial charge >= 0.3 is 0 Å². The lowest BCUT2D eigenvalue weighted by atomic mass is 9.83. The van der Waals surface area contributed by atoms with Gasteiger partial charge in [-0.2, -0.15) is 0 Å². The van der Waals surface area contributed by atoms with E-state index in [9.17, 15) is 9.90 Å². The number of nitrogens with zero attached hydrogens (tertiary/aromatic N) is 1. The molecule has 1 amide bonds. The summed E-state index contributed by atoms with van der Waals surface area (Å²) >= 11 is 0. The van der Waals surface area contributed by atoms with Crippen LogP contribution in [0.25, 0.3) is 0 Å². The lowest BCUT2D eigenvalue weighted by molar-refractivity contribution is -0.117. The number of carbonyl (C=O) groups excluding carboxylic acids is 1. The smallest absolute Gasteiger partial charge is 0.224 e. The molecule has 21 heavy (non-hydrogen) atoms. The standard InChI is InChI=1S/C17H24N2O2/c20-14-8-10-19(11-9-14)16-7-2-1-6-15(16)18-17(21)12-13-4-3-5-13/h1-2,6-7,13-14,20H,3-5,8-12H2,(H,18,21). The molecule has 1 aromatic carbocycles. The Bertz CT molecular complexity index is 491. The van der Waals surface area contributed by atoms with Crippen molar-refractivity contribution in [2.75, 3.05) is 23.3 Å². The van der Waals surface area contributed by atoms with E-state index in [1.165, 1.54) is 19.3 Å². The summed E-state index contributed by atoms with van der Waals surface area (Å²) in [7, 11) is 0. The highest BCUT2D eigenvalue weighted by molar-refractivity contribution is 5.94. The summed E-state index contributed by atoms with van der Waals surface area (Å²) < 4.78 is 0. The molecule has 1 heterocycles. The lowest BCUT2D eigenvalue weighted by Crippen LogP contribution is -2.36. The van der Waals surface area contributed by atoms with Crippen LogP contribution in [0.5, 0.6) is 0 Å². The molecular weight excluding hydrogens is 264 g/mol. The third-order valence-corrected chi connectivity index (χ3v) is 4.68. The molecule has 1 aromatic rings. The maximum atomic E-state index is 12.1. The first-order valence-corrected chi connectivity index (χ1v) is 8.04. The van der Waals surface area contributed by atoms with Gasteiger partial charge in [-0.15, -0.1) is 0 Å². The van der Waals surface area contributed by atoms with Crippen LogP contribution in [0.15, 0.2) is 24.3 Å². The van der Waals surface area contributed by atoms with Gasteiger partial charge in [0.05, 0.1) is 17.5 Å². The van der Waals surface area contributed by atoms with Crippen molar-refractivity contribution in [1.82, 2.24) is 0 Å². The maximum absolute atomic E-state index is 12.1. The van der Waals surface area contributed by atoms with Crippen molar-refractivity contribution in [2.45, 2.75) is 44.6 Å². The van der Waals surface area contributed by atoms with Crippen LogP contribution in [0.1, 0.15) is 38.5 Å². The zero-order valence-electron chi connectivity index (χ0n) is 12.4. The molecule has 4 heteroatoms. The second kappa shape index (κ2) is 6.48. The number of aliphatic hydroxyl groups is 1. The molecule has 0 aromatic heterocycles. The predicted molar refractivity (Wildman–Crippen MR) is 84.5 cm³/mol. The number of anilines is 2. The summed E-state index contributed by atoms with van der Waals surface area (Å²) in [6.45, 7) is 1.69. The van der Waals surface area contributed by atoms with Crippen LogP contribution in [0, 0.1) is 5.92 Å². The molecule has 0 radical (unpaired) electrons. The van der Waals surface area contributed by atoms with E-state index >= 15 is 0 Å². The Balaban J connectivity index is 1.65. The molecule has 1 aliphatic carbocycles. The van der Waals surface area contributed by atoms with Gasteiger partial charge in [0.15, 0.2) is 0 Å². The Morgan fingerprint density at radius 3 is 2.57 bits per heavy atom. The lowest BCUT2D eigenvalue weighted by Gasteiger charge is -2.33. The van der Waals surface area contributed by atoms with Gasteiger partial charge in [0.1, 0.15) is 0 Å². The van der Waals surface area contributed by atoms with Gasteiger partial charge in [-0.25, -0.2) is 0 Å². The Morgan fingerprint density at radius 2 is 1.90 bits per heavy atom. The number of piperidine rings is 1. The fourth-order valence-electron chi connectivity index (χ4n) is 3.12. The Hall–Kier alpha value is -1.55. The van der Waals surface area contributed by atoms with Crippen LogP contribution in [0.3, 0.4) is 0 Å². The van der Waals surface area contributed by atoms with Crippen molar-refractivity contribution >= 4 is 17.3 Å². The molecular formula is C17H24N2O2. The van der Waals surface area contributed by atoms with Gasteiger partial charge < -0.3 is 15.3 Å². The second-order valence-electron chi connectivity index (χ2n) is 6.28. The molecule has 3 rings (SSSR count). The van der Waals surface area contributed by atoms with Crippen LogP contribution in [0.4, 0.5) is 11.4 Å². The van der Waals surface area contributed by atoms with Crippen molar-refractivity contribution in [3.05, 3.63) is 24.3 Å². The van der Waals surface area contributed by atoms with Gasteiger partial charge in [-0.3, -0.25) is 4.79 Å². The third kappa shape index (κ3) is 3.56. The Kier molecular flexibility index (Phi) is 4.44. The summed E-state index contributed by atoms with van der Waals surface area (Å²) in [5.74, 6) is 0.714. The zero-order chi connectivity index (χ0) is 14.7. The average molecular weight is 288 g/mol. The number of hydrogen-bond acceptors (Lipinski definition) is 3.